The molecule has 106 valence electrons. The molecule has 0 spiro atoms. The predicted molar refractivity (Wildman–Crippen MR) is 84.6 cm³/mol. The van der Waals surface area contributed by atoms with Gasteiger partial charge in [-0.05, 0) is 44.3 Å². The van der Waals surface area contributed by atoms with Crippen molar-refractivity contribution in [1.82, 2.24) is 9.80 Å². The standard InChI is InChI=1S/C14H21BrClN3/c1-18(2)11-5-6-19(9-11)14(8-17)12-7-10(16)3-4-13(12)15/h3-4,7,11,14H,5-6,8-9,17H2,1-2H3. The van der Waals surface area contributed by atoms with E-state index in [0.29, 0.717) is 12.6 Å². The fraction of sp³-hybridized carbons (Fsp3) is 0.571. The minimum atomic E-state index is 0.234. The summed E-state index contributed by atoms with van der Waals surface area (Å²) in [4.78, 5) is 4.75. The van der Waals surface area contributed by atoms with E-state index in [1.54, 1.807) is 0 Å². The SMILES string of the molecule is CN(C)C1CCN(C(CN)c2cc(Cl)ccc2Br)C1. The third kappa shape index (κ3) is 3.50. The normalized spacial score (nSPS) is 22.1. The van der Waals surface area contributed by atoms with E-state index < -0.39 is 0 Å². The molecule has 2 N–H and O–H groups in total. The number of halogens is 2. The summed E-state index contributed by atoms with van der Waals surface area (Å²) in [5, 5.41) is 0.764. The molecule has 1 aliphatic rings. The quantitative estimate of drug-likeness (QED) is 0.910. The third-order valence-electron chi connectivity index (χ3n) is 3.91. The van der Waals surface area contributed by atoms with Crippen molar-refractivity contribution in [2.75, 3.05) is 33.7 Å². The average molecular weight is 347 g/mol. The summed E-state index contributed by atoms with van der Waals surface area (Å²) in [7, 11) is 4.28. The molecule has 1 fully saturated rings. The van der Waals surface area contributed by atoms with Gasteiger partial charge in [0.1, 0.15) is 0 Å². The minimum Gasteiger partial charge on any atom is -0.329 e. The second-order valence-electron chi connectivity index (χ2n) is 5.32. The van der Waals surface area contributed by atoms with Crippen molar-refractivity contribution < 1.29 is 0 Å². The van der Waals surface area contributed by atoms with E-state index >= 15 is 0 Å². The van der Waals surface area contributed by atoms with E-state index in [1.807, 2.05) is 18.2 Å². The number of nitrogens with zero attached hydrogens (tertiary/aromatic N) is 2. The maximum atomic E-state index is 6.12. The predicted octanol–water partition coefficient (Wildman–Crippen LogP) is 2.74. The van der Waals surface area contributed by atoms with E-state index in [4.69, 9.17) is 17.3 Å². The van der Waals surface area contributed by atoms with Crippen LogP contribution in [0.15, 0.2) is 22.7 Å². The van der Waals surface area contributed by atoms with Gasteiger partial charge >= 0.3 is 0 Å². The summed E-state index contributed by atoms with van der Waals surface area (Å²) in [5.41, 5.74) is 7.20. The Morgan fingerprint density at radius 1 is 1.53 bits per heavy atom. The number of benzene rings is 1. The number of hydrogen-bond acceptors (Lipinski definition) is 3. The molecular formula is C14H21BrClN3. The van der Waals surface area contributed by atoms with Gasteiger partial charge in [0.05, 0.1) is 0 Å². The zero-order valence-corrected chi connectivity index (χ0v) is 13.8. The lowest BCUT2D eigenvalue weighted by Crippen LogP contribution is -2.36. The molecule has 0 bridgehead atoms. The van der Waals surface area contributed by atoms with Crippen LogP contribution in [-0.4, -0.2) is 49.6 Å². The van der Waals surface area contributed by atoms with E-state index in [-0.39, 0.29) is 6.04 Å². The highest BCUT2D eigenvalue weighted by Crippen LogP contribution is 2.32. The monoisotopic (exact) mass is 345 g/mol. The lowest BCUT2D eigenvalue weighted by atomic mass is 10.1. The molecule has 0 aromatic heterocycles. The van der Waals surface area contributed by atoms with Gasteiger partial charge in [0.2, 0.25) is 0 Å². The van der Waals surface area contributed by atoms with Crippen LogP contribution in [0, 0.1) is 0 Å². The Morgan fingerprint density at radius 2 is 2.26 bits per heavy atom. The summed E-state index contributed by atoms with van der Waals surface area (Å²) in [5.74, 6) is 0. The number of hydrogen-bond donors (Lipinski definition) is 1. The summed E-state index contributed by atoms with van der Waals surface area (Å²) in [6.45, 7) is 2.76. The van der Waals surface area contributed by atoms with Crippen molar-refractivity contribution >= 4 is 27.5 Å². The fourth-order valence-corrected chi connectivity index (χ4v) is 3.41. The van der Waals surface area contributed by atoms with Crippen LogP contribution >= 0.6 is 27.5 Å². The molecule has 0 amide bonds. The van der Waals surface area contributed by atoms with Gasteiger partial charge < -0.3 is 10.6 Å². The van der Waals surface area contributed by atoms with Crippen LogP contribution in [0.1, 0.15) is 18.0 Å². The zero-order valence-electron chi connectivity index (χ0n) is 11.4. The molecule has 1 heterocycles. The highest BCUT2D eigenvalue weighted by atomic mass is 79.9. The van der Waals surface area contributed by atoms with Crippen molar-refractivity contribution in [3.8, 4) is 0 Å². The molecule has 0 aliphatic carbocycles. The number of nitrogens with two attached hydrogens (primary N) is 1. The lowest BCUT2D eigenvalue weighted by Gasteiger charge is -2.29. The first kappa shape index (κ1) is 15.3. The largest absolute Gasteiger partial charge is 0.329 e. The van der Waals surface area contributed by atoms with Gasteiger partial charge in [0, 0.05) is 41.2 Å². The second kappa shape index (κ2) is 6.55. The molecule has 1 aromatic carbocycles. The Labute approximate surface area is 128 Å². The van der Waals surface area contributed by atoms with Crippen LogP contribution in [-0.2, 0) is 0 Å². The van der Waals surface area contributed by atoms with Gasteiger partial charge in [-0.1, -0.05) is 27.5 Å². The molecule has 1 saturated heterocycles. The Bertz CT molecular complexity index is 439. The van der Waals surface area contributed by atoms with Crippen molar-refractivity contribution in [1.29, 1.82) is 0 Å². The summed E-state index contributed by atoms with van der Waals surface area (Å²) >= 11 is 9.73. The topological polar surface area (TPSA) is 32.5 Å². The molecule has 1 aromatic rings. The number of likely N-dealkylation sites (tertiary alicyclic amines) is 1. The molecule has 0 saturated carbocycles. The van der Waals surface area contributed by atoms with Gasteiger partial charge in [-0.25, -0.2) is 0 Å². The van der Waals surface area contributed by atoms with Crippen LogP contribution in [0.25, 0.3) is 0 Å². The highest BCUT2D eigenvalue weighted by molar-refractivity contribution is 9.10. The summed E-state index contributed by atoms with van der Waals surface area (Å²) in [6, 6.07) is 6.77. The Balaban J connectivity index is 2.19. The van der Waals surface area contributed by atoms with Crippen LogP contribution in [0.4, 0.5) is 0 Å². The molecule has 2 atom stereocenters. The van der Waals surface area contributed by atoms with E-state index in [0.717, 1.165) is 22.6 Å². The van der Waals surface area contributed by atoms with Gasteiger partial charge in [-0.3, -0.25) is 4.90 Å². The van der Waals surface area contributed by atoms with Crippen LogP contribution in [0.2, 0.25) is 5.02 Å². The Kier molecular flexibility index (Phi) is 5.26. The van der Waals surface area contributed by atoms with Crippen molar-refractivity contribution in [2.45, 2.75) is 18.5 Å². The maximum absolute atomic E-state index is 6.12. The second-order valence-corrected chi connectivity index (χ2v) is 6.61. The van der Waals surface area contributed by atoms with Crippen molar-refractivity contribution in [3.05, 3.63) is 33.3 Å². The molecular weight excluding hydrogens is 326 g/mol. The molecule has 1 aliphatic heterocycles. The number of rotatable bonds is 4. The average Bonchev–Trinajstić information content (AvgIpc) is 2.84. The van der Waals surface area contributed by atoms with E-state index in [1.165, 1.54) is 12.0 Å². The van der Waals surface area contributed by atoms with Crippen LogP contribution in [0.3, 0.4) is 0 Å². The van der Waals surface area contributed by atoms with Gasteiger partial charge in [-0.15, -0.1) is 0 Å². The fourth-order valence-electron chi connectivity index (χ4n) is 2.72. The Hall–Kier alpha value is -0.130. The lowest BCUT2D eigenvalue weighted by molar-refractivity contribution is 0.220. The minimum absolute atomic E-state index is 0.234. The summed E-state index contributed by atoms with van der Waals surface area (Å²) < 4.78 is 1.08. The molecule has 19 heavy (non-hydrogen) atoms. The first-order valence-corrected chi connectivity index (χ1v) is 7.75. The maximum Gasteiger partial charge on any atom is 0.0482 e. The molecule has 2 rings (SSSR count). The third-order valence-corrected chi connectivity index (χ3v) is 4.86. The first-order chi connectivity index (χ1) is 9.02. The van der Waals surface area contributed by atoms with E-state index in [2.05, 4.69) is 39.8 Å². The van der Waals surface area contributed by atoms with Crippen LogP contribution in [0.5, 0.6) is 0 Å². The molecule has 3 nitrogen and oxygen atoms in total. The van der Waals surface area contributed by atoms with Gasteiger partial charge in [0.15, 0.2) is 0 Å². The summed E-state index contributed by atoms with van der Waals surface area (Å²) in [6.07, 6.45) is 1.20. The van der Waals surface area contributed by atoms with E-state index in [9.17, 15) is 0 Å². The molecule has 2 unspecified atom stereocenters. The van der Waals surface area contributed by atoms with Crippen LogP contribution < -0.4 is 5.73 Å². The molecule has 5 heteroatoms. The first-order valence-electron chi connectivity index (χ1n) is 6.58. The number of likely N-dealkylation sites (N-methyl/N-ethyl adjacent to an activating group) is 1. The Morgan fingerprint density at radius 3 is 2.84 bits per heavy atom. The van der Waals surface area contributed by atoms with Gasteiger partial charge in [0.25, 0.3) is 0 Å². The highest BCUT2D eigenvalue weighted by Gasteiger charge is 2.30. The van der Waals surface area contributed by atoms with Crippen molar-refractivity contribution in [2.24, 2.45) is 5.73 Å². The van der Waals surface area contributed by atoms with Crippen molar-refractivity contribution in [3.63, 3.8) is 0 Å². The smallest absolute Gasteiger partial charge is 0.0482 e. The van der Waals surface area contributed by atoms with Gasteiger partial charge in [-0.2, -0.15) is 0 Å². The molecule has 0 radical (unpaired) electrons. The zero-order chi connectivity index (χ0) is 14.0.